The largest absolute Gasteiger partial charge is 0.411 e. The lowest BCUT2D eigenvalue weighted by molar-refractivity contribution is 0.317. The lowest BCUT2D eigenvalue weighted by Gasteiger charge is -2.06. The maximum absolute atomic E-state index is 9.34. The maximum atomic E-state index is 9.34. The molecule has 1 N–H and O–H groups in total. The van der Waals surface area contributed by atoms with Crippen LogP contribution in [0.1, 0.15) is 23.5 Å². The molecule has 1 aliphatic carbocycles. The SMILES string of the molecule is O/N=C(\c1ccc(Cl)cc1)C1CC1c1ccc(Cl)cc1Cl. The zero-order valence-electron chi connectivity index (χ0n) is 10.9. The van der Waals surface area contributed by atoms with Gasteiger partial charge in [0.05, 0.1) is 5.71 Å². The second-order valence-electron chi connectivity index (χ2n) is 5.11. The number of hydrogen-bond donors (Lipinski definition) is 1. The van der Waals surface area contributed by atoms with Crippen LogP contribution in [0.4, 0.5) is 0 Å². The lowest BCUT2D eigenvalue weighted by atomic mass is 10.0. The summed E-state index contributed by atoms with van der Waals surface area (Å²) in [4.78, 5) is 0. The van der Waals surface area contributed by atoms with Crippen molar-refractivity contribution in [1.82, 2.24) is 0 Å². The van der Waals surface area contributed by atoms with Gasteiger partial charge in [0.15, 0.2) is 0 Å². The average molecular weight is 341 g/mol. The Morgan fingerprint density at radius 3 is 2.29 bits per heavy atom. The molecule has 1 saturated carbocycles. The highest BCUT2D eigenvalue weighted by atomic mass is 35.5. The van der Waals surface area contributed by atoms with Gasteiger partial charge in [-0.2, -0.15) is 0 Å². The van der Waals surface area contributed by atoms with Crippen LogP contribution in [0.15, 0.2) is 47.6 Å². The number of benzene rings is 2. The molecule has 108 valence electrons. The highest BCUT2D eigenvalue weighted by Crippen LogP contribution is 2.51. The molecule has 1 aliphatic rings. The molecule has 21 heavy (non-hydrogen) atoms. The molecule has 0 heterocycles. The van der Waals surface area contributed by atoms with E-state index in [1.165, 1.54) is 0 Å². The second kappa shape index (κ2) is 5.88. The summed E-state index contributed by atoms with van der Waals surface area (Å²) < 4.78 is 0. The average Bonchev–Trinajstić information content (AvgIpc) is 3.22. The summed E-state index contributed by atoms with van der Waals surface area (Å²) in [5.74, 6) is 0.422. The smallest absolute Gasteiger partial charge is 0.0904 e. The Balaban J connectivity index is 1.84. The first kappa shape index (κ1) is 14.7. The molecule has 0 saturated heterocycles. The zero-order chi connectivity index (χ0) is 15.0. The molecule has 0 spiro atoms. The van der Waals surface area contributed by atoms with E-state index in [2.05, 4.69) is 5.16 Å². The van der Waals surface area contributed by atoms with Crippen LogP contribution in [0, 0.1) is 5.92 Å². The molecule has 0 radical (unpaired) electrons. The molecule has 2 atom stereocenters. The summed E-state index contributed by atoms with van der Waals surface area (Å²) >= 11 is 18.0. The second-order valence-corrected chi connectivity index (χ2v) is 6.39. The van der Waals surface area contributed by atoms with Crippen LogP contribution in [0.5, 0.6) is 0 Å². The van der Waals surface area contributed by atoms with Gasteiger partial charge in [-0.15, -0.1) is 0 Å². The summed E-state index contributed by atoms with van der Waals surface area (Å²) in [5, 5.41) is 14.7. The molecule has 0 aliphatic heterocycles. The third-order valence-corrected chi connectivity index (χ3v) is 4.57. The van der Waals surface area contributed by atoms with E-state index in [1.807, 2.05) is 24.3 Å². The van der Waals surface area contributed by atoms with Gasteiger partial charge in [0.25, 0.3) is 0 Å². The van der Waals surface area contributed by atoms with Crippen LogP contribution < -0.4 is 0 Å². The van der Waals surface area contributed by atoms with Crippen molar-refractivity contribution in [3.8, 4) is 0 Å². The van der Waals surface area contributed by atoms with Crippen molar-refractivity contribution in [2.24, 2.45) is 11.1 Å². The van der Waals surface area contributed by atoms with Crippen molar-refractivity contribution < 1.29 is 5.21 Å². The molecule has 0 amide bonds. The van der Waals surface area contributed by atoms with Gasteiger partial charge < -0.3 is 5.21 Å². The maximum Gasteiger partial charge on any atom is 0.0904 e. The van der Waals surface area contributed by atoms with Crippen LogP contribution in [-0.2, 0) is 0 Å². The molecule has 1 fully saturated rings. The number of halogens is 3. The Kier molecular flexibility index (Phi) is 4.12. The number of oxime groups is 1. The highest BCUT2D eigenvalue weighted by Gasteiger charge is 2.43. The van der Waals surface area contributed by atoms with E-state index in [9.17, 15) is 5.21 Å². The van der Waals surface area contributed by atoms with Gasteiger partial charge in [-0.3, -0.25) is 0 Å². The number of hydrogen-bond acceptors (Lipinski definition) is 2. The first-order valence-corrected chi connectivity index (χ1v) is 7.66. The van der Waals surface area contributed by atoms with Gasteiger partial charge in [0.1, 0.15) is 0 Å². The third kappa shape index (κ3) is 3.03. The Morgan fingerprint density at radius 2 is 1.67 bits per heavy atom. The topological polar surface area (TPSA) is 32.6 Å². The molecular formula is C16H12Cl3NO. The quantitative estimate of drug-likeness (QED) is 0.438. The predicted molar refractivity (Wildman–Crippen MR) is 87.1 cm³/mol. The minimum atomic E-state index is 0.162. The molecule has 2 aromatic rings. The molecule has 0 aromatic heterocycles. The summed E-state index contributed by atoms with van der Waals surface area (Å²) in [6, 6.07) is 12.8. The van der Waals surface area contributed by atoms with Crippen molar-refractivity contribution >= 4 is 40.5 Å². The van der Waals surface area contributed by atoms with Crippen molar-refractivity contribution in [1.29, 1.82) is 0 Å². The fourth-order valence-corrected chi connectivity index (χ4v) is 3.28. The van der Waals surface area contributed by atoms with Crippen LogP contribution in [0.3, 0.4) is 0 Å². The van der Waals surface area contributed by atoms with Crippen molar-refractivity contribution in [3.63, 3.8) is 0 Å². The Bertz CT molecular complexity index is 697. The van der Waals surface area contributed by atoms with E-state index in [-0.39, 0.29) is 11.8 Å². The number of rotatable bonds is 3. The van der Waals surface area contributed by atoms with E-state index < -0.39 is 0 Å². The Labute approximate surface area is 137 Å². The van der Waals surface area contributed by atoms with Crippen molar-refractivity contribution in [2.45, 2.75) is 12.3 Å². The highest BCUT2D eigenvalue weighted by molar-refractivity contribution is 6.35. The van der Waals surface area contributed by atoms with Crippen LogP contribution in [-0.4, -0.2) is 10.9 Å². The van der Waals surface area contributed by atoms with Crippen LogP contribution >= 0.6 is 34.8 Å². The fraction of sp³-hybridized carbons (Fsp3) is 0.188. The first-order chi connectivity index (χ1) is 10.1. The van der Waals surface area contributed by atoms with E-state index >= 15 is 0 Å². The minimum absolute atomic E-state index is 0.162. The summed E-state index contributed by atoms with van der Waals surface area (Å²) in [6.45, 7) is 0. The first-order valence-electron chi connectivity index (χ1n) is 6.53. The fourth-order valence-electron chi connectivity index (χ4n) is 2.61. The minimum Gasteiger partial charge on any atom is -0.411 e. The van der Waals surface area contributed by atoms with E-state index in [4.69, 9.17) is 34.8 Å². The Hall–Kier alpha value is -1.22. The standard InChI is InChI=1S/C16H12Cl3NO/c17-10-3-1-9(2-4-10)16(20-21)14-8-13(14)12-6-5-11(18)7-15(12)19/h1-7,13-14,21H,8H2/b20-16+. The molecule has 3 rings (SSSR count). The Morgan fingerprint density at radius 1 is 1.00 bits per heavy atom. The zero-order valence-corrected chi connectivity index (χ0v) is 13.2. The molecule has 2 unspecified atom stereocenters. The van der Waals surface area contributed by atoms with Gasteiger partial charge in [-0.25, -0.2) is 0 Å². The van der Waals surface area contributed by atoms with Gasteiger partial charge in [-0.1, -0.05) is 58.2 Å². The van der Waals surface area contributed by atoms with E-state index in [0.29, 0.717) is 20.8 Å². The van der Waals surface area contributed by atoms with E-state index in [0.717, 1.165) is 17.5 Å². The van der Waals surface area contributed by atoms with Crippen molar-refractivity contribution in [3.05, 3.63) is 68.7 Å². The van der Waals surface area contributed by atoms with Gasteiger partial charge >= 0.3 is 0 Å². The van der Waals surface area contributed by atoms with Crippen LogP contribution in [0.2, 0.25) is 15.1 Å². The molecular weight excluding hydrogens is 329 g/mol. The predicted octanol–water partition coefficient (Wildman–Crippen LogP) is 5.63. The lowest BCUT2D eigenvalue weighted by Crippen LogP contribution is -2.05. The van der Waals surface area contributed by atoms with Gasteiger partial charge in [0.2, 0.25) is 0 Å². The molecule has 2 aromatic carbocycles. The number of nitrogens with zero attached hydrogens (tertiary/aromatic N) is 1. The molecule has 5 heteroatoms. The van der Waals surface area contributed by atoms with Crippen molar-refractivity contribution in [2.75, 3.05) is 0 Å². The normalized spacial score (nSPS) is 21.4. The van der Waals surface area contributed by atoms with Crippen LogP contribution in [0.25, 0.3) is 0 Å². The van der Waals surface area contributed by atoms with Gasteiger partial charge in [-0.05, 0) is 47.7 Å². The van der Waals surface area contributed by atoms with E-state index in [1.54, 1.807) is 18.2 Å². The summed E-state index contributed by atoms with van der Waals surface area (Å²) in [7, 11) is 0. The molecule has 0 bridgehead atoms. The summed E-state index contributed by atoms with van der Waals surface area (Å²) in [6.07, 6.45) is 0.906. The monoisotopic (exact) mass is 339 g/mol. The third-order valence-electron chi connectivity index (χ3n) is 3.75. The van der Waals surface area contributed by atoms with Gasteiger partial charge in [0, 0.05) is 21.0 Å². The summed E-state index contributed by atoms with van der Waals surface area (Å²) in [5.41, 5.74) is 2.59. The molecule has 2 nitrogen and oxygen atoms in total.